The second-order valence-electron chi connectivity index (χ2n) is 7.51. The average Bonchev–Trinajstić information content (AvgIpc) is 2.80. The Morgan fingerprint density at radius 2 is 2.12 bits per heavy atom. The fourth-order valence-corrected chi connectivity index (χ4v) is 4.26. The minimum absolute atomic E-state index is 0.0639. The van der Waals surface area contributed by atoms with Crippen LogP contribution in [0.2, 0.25) is 0 Å². The molecule has 0 aromatic carbocycles. The first kappa shape index (κ1) is 17.9. The molecule has 0 fully saturated rings. The highest BCUT2D eigenvalue weighted by atomic mass is 16.6. The molecule has 5 nitrogen and oxygen atoms in total. The monoisotopic (exact) mass is 345 g/mol. The van der Waals surface area contributed by atoms with E-state index in [1.807, 2.05) is 14.0 Å². The van der Waals surface area contributed by atoms with Crippen LogP contribution in [-0.2, 0) is 19.1 Å². The molecule has 5 heteroatoms. The number of fused-ring (bicyclic) bond motifs is 2. The normalized spacial score (nSPS) is 34.4. The number of esters is 1. The standard InChI is InChI=1S/C20H27NO4/c1-7-17(22)25-18-12(3)20(4)10-14-11(2)19(23)21(5)15(14)8-13(20)9-16(18)24-6/h8-9,12,16,18H,7,10H2,1-6H3/t12-,16+,18+,20+/m0/s1. The van der Waals surface area contributed by atoms with Crippen molar-refractivity contribution in [3.05, 3.63) is 34.6 Å². The summed E-state index contributed by atoms with van der Waals surface area (Å²) in [6.07, 6.45) is 4.68. The fourth-order valence-electron chi connectivity index (χ4n) is 4.26. The maximum atomic E-state index is 12.3. The predicted octanol–water partition coefficient (Wildman–Crippen LogP) is 2.98. The zero-order chi connectivity index (χ0) is 18.5. The predicted molar refractivity (Wildman–Crippen MR) is 94.5 cm³/mol. The van der Waals surface area contributed by atoms with E-state index in [0.29, 0.717) is 6.42 Å². The highest BCUT2D eigenvalue weighted by Gasteiger charge is 2.51. The maximum Gasteiger partial charge on any atom is 0.305 e. The molecule has 0 N–H and O–H groups in total. The summed E-state index contributed by atoms with van der Waals surface area (Å²) in [5.41, 5.74) is 3.87. The number of amides is 1. The fraction of sp³-hybridized carbons (Fsp3) is 0.600. The number of rotatable bonds is 3. The molecule has 0 aromatic heterocycles. The number of allylic oxidation sites excluding steroid dienone is 3. The van der Waals surface area contributed by atoms with Crippen molar-refractivity contribution in [3.8, 4) is 0 Å². The van der Waals surface area contributed by atoms with E-state index in [0.717, 1.165) is 28.8 Å². The van der Waals surface area contributed by atoms with Crippen molar-refractivity contribution in [2.24, 2.45) is 11.3 Å². The third kappa shape index (κ3) is 2.56. The topological polar surface area (TPSA) is 55.8 Å². The van der Waals surface area contributed by atoms with Gasteiger partial charge in [-0.15, -0.1) is 0 Å². The van der Waals surface area contributed by atoms with Gasteiger partial charge >= 0.3 is 5.97 Å². The summed E-state index contributed by atoms with van der Waals surface area (Å²) in [4.78, 5) is 26.0. The molecule has 0 saturated carbocycles. The lowest BCUT2D eigenvalue weighted by molar-refractivity contribution is -0.162. The van der Waals surface area contributed by atoms with E-state index in [2.05, 4.69) is 26.0 Å². The third-order valence-electron chi connectivity index (χ3n) is 6.24. The van der Waals surface area contributed by atoms with Gasteiger partial charge in [-0.1, -0.05) is 20.8 Å². The van der Waals surface area contributed by atoms with Crippen LogP contribution in [0.3, 0.4) is 0 Å². The Hall–Kier alpha value is -1.88. The quantitative estimate of drug-likeness (QED) is 0.738. The lowest BCUT2D eigenvalue weighted by atomic mass is 9.59. The summed E-state index contributed by atoms with van der Waals surface area (Å²) >= 11 is 0. The number of methoxy groups -OCH3 is 1. The third-order valence-corrected chi connectivity index (χ3v) is 6.24. The molecule has 25 heavy (non-hydrogen) atoms. The van der Waals surface area contributed by atoms with E-state index in [4.69, 9.17) is 9.47 Å². The Bertz CT molecular complexity index is 717. The second-order valence-corrected chi connectivity index (χ2v) is 7.51. The summed E-state index contributed by atoms with van der Waals surface area (Å²) in [7, 11) is 3.46. The van der Waals surface area contributed by atoms with Crippen molar-refractivity contribution in [3.63, 3.8) is 0 Å². The van der Waals surface area contributed by atoms with Gasteiger partial charge in [-0.05, 0) is 36.6 Å². The van der Waals surface area contributed by atoms with E-state index in [9.17, 15) is 9.59 Å². The first-order valence-corrected chi connectivity index (χ1v) is 8.89. The highest BCUT2D eigenvalue weighted by molar-refractivity contribution is 6.00. The van der Waals surface area contributed by atoms with E-state index >= 15 is 0 Å². The van der Waals surface area contributed by atoms with Gasteiger partial charge < -0.3 is 14.4 Å². The van der Waals surface area contributed by atoms with Crippen LogP contribution < -0.4 is 0 Å². The van der Waals surface area contributed by atoms with E-state index in [1.54, 1.807) is 18.9 Å². The molecule has 0 bridgehead atoms. The number of carbonyl (C=O) groups is 2. The van der Waals surface area contributed by atoms with Crippen molar-refractivity contribution >= 4 is 11.9 Å². The first-order chi connectivity index (χ1) is 11.7. The molecule has 0 unspecified atom stereocenters. The molecule has 3 rings (SSSR count). The van der Waals surface area contributed by atoms with Gasteiger partial charge in [0.05, 0.1) is 0 Å². The summed E-state index contributed by atoms with van der Waals surface area (Å²) < 4.78 is 11.3. The molecule has 0 aromatic rings. The van der Waals surface area contributed by atoms with Gasteiger partial charge in [-0.25, -0.2) is 0 Å². The van der Waals surface area contributed by atoms with Crippen LogP contribution in [0.25, 0.3) is 0 Å². The molecule has 0 spiro atoms. The minimum atomic E-state index is -0.322. The molecular weight excluding hydrogens is 318 g/mol. The van der Waals surface area contributed by atoms with Gasteiger partial charge in [-0.2, -0.15) is 0 Å². The van der Waals surface area contributed by atoms with Crippen LogP contribution in [0.15, 0.2) is 34.6 Å². The molecule has 1 heterocycles. The largest absolute Gasteiger partial charge is 0.459 e. The number of hydrogen-bond acceptors (Lipinski definition) is 4. The van der Waals surface area contributed by atoms with Gasteiger partial charge in [0.2, 0.25) is 0 Å². The number of hydrogen-bond donors (Lipinski definition) is 0. The molecule has 2 aliphatic carbocycles. The van der Waals surface area contributed by atoms with Crippen molar-refractivity contribution in [1.29, 1.82) is 0 Å². The molecule has 0 saturated heterocycles. The van der Waals surface area contributed by atoms with Crippen LogP contribution in [0, 0.1) is 11.3 Å². The summed E-state index contributed by atoms with van der Waals surface area (Å²) in [5.74, 6) is -0.0707. The molecule has 4 atom stereocenters. The van der Waals surface area contributed by atoms with Crippen molar-refractivity contribution in [1.82, 2.24) is 4.90 Å². The maximum absolute atomic E-state index is 12.3. The van der Waals surface area contributed by atoms with Crippen molar-refractivity contribution < 1.29 is 19.1 Å². The SMILES string of the molecule is CCC(=O)O[C@H]1[C@H](OC)C=C2C=C3C(=C(C)C(=O)N3C)C[C@]2(C)[C@H]1C. The van der Waals surface area contributed by atoms with Crippen LogP contribution in [0.1, 0.15) is 40.5 Å². The van der Waals surface area contributed by atoms with Crippen LogP contribution in [0.5, 0.6) is 0 Å². The molecule has 0 radical (unpaired) electrons. The number of carbonyl (C=O) groups excluding carboxylic acids is 2. The lowest BCUT2D eigenvalue weighted by Crippen LogP contribution is -2.49. The highest BCUT2D eigenvalue weighted by Crippen LogP contribution is 2.54. The van der Waals surface area contributed by atoms with Crippen LogP contribution in [0.4, 0.5) is 0 Å². The van der Waals surface area contributed by atoms with Gasteiger partial charge in [0.1, 0.15) is 12.2 Å². The number of ether oxygens (including phenoxy) is 2. The van der Waals surface area contributed by atoms with E-state index in [1.165, 1.54) is 0 Å². The smallest absolute Gasteiger partial charge is 0.305 e. The van der Waals surface area contributed by atoms with Gasteiger partial charge in [0.15, 0.2) is 0 Å². The summed E-state index contributed by atoms with van der Waals surface area (Å²) in [6.45, 7) is 8.00. The van der Waals surface area contributed by atoms with E-state index in [-0.39, 0.29) is 35.4 Å². The Morgan fingerprint density at radius 3 is 2.72 bits per heavy atom. The zero-order valence-corrected chi connectivity index (χ0v) is 15.9. The molecule has 1 amide bonds. The first-order valence-electron chi connectivity index (χ1n) is 8.89. The zero-order valence-electron chi connectivity index (χ0n) is 15.9. The Morgan fingerprint density at radius 1 is 1.44 bits per heavy atom. The van der Waals surface area contributed by atoms with Crippen molar-refractivity contribution in [2.45, 2.75) is 52.7 Å². The Balaban J connectivity index is 2.07. The van der Waals surface area contributed by atoms with Crippen LogP contribution in [-0.4, -0.2) is 43.1 Å². The van der Waals surface area contributed by atoms with Gasteiger partial charge in [-0.3, -0.25) is 9.59 Å². The number of nitrogens with zero attached hydrogens (tertiary/aromatic N) is 1. The van der Waals surface area contributed by atoms with Gasteiger partial charge in [0, 0.05) is 43.2 Å². The summed E-state index contributed by atoms with van der Waals surface area (Å²) in [6, 6.07) is 0. The average molecular weight is 345 g/mol. The molecule has 136 valence electrons. The van der Waals surface area contributed by atoms with E-state index < -0.39 is 0 Å². The van der Waals surface area contributed by atoms with Crippen LogP contribution >= 0.6 is 0 Å². The lowest BCUT2D eigenvalue weighted by Gasteiger charge is -2.48. The minimum Gasteiger partial charge on any atom is -0.459 e. The molecule has 3 aliphatic rings. The molecule has 1 aliphatic heterocycles. The summed E-state index contributed by atoms with van der Waals surface area (Å²) in [5, 5.41) is 0. The van der Waals surface area contributed by atoms with Gasteiger partial charge in [0.25, 0.3) is 5.91 Å². The number of likely N-dealkylation sites (N-methyl/N-ethyl adjacent to an activating group) is 1. The Kier molecular flexibility index (Phi) is 4.40. The Labute approximate surface area is 149 Å². The van der Waals surface area contributed by atoms with Crippen molar-refractivity contribution in [2.75, 3.05) is 14.2 Å². The molecular formula is C20H27NO4. The second kappa shape index (κ2) is 6.13.